The molecule has 1 rings (SSSR count). The second-order valence-electron chi connectivity index (χ2n) is 5.36. The SMILES string of the molecule is CC/C=C/C=C(C#N)\C=C(/C)N1C=C(Br)C(=C(/C)F)/C1=N/C=C/CC. The summed E-state index contributed by atoms with van der Waals surface area (Å²) in [6, 6.07) is 2.16. The predicted octanol–water partition coefficient (Wildman–Crippen LogP) is 6.42. The Morgan fingerprint density at radius 1 is 1.32 bits per heavy atom. The molecule has 132 valence electrons. The van der Waals surface area contributed by atoms with Gasteiger partial charge < -0.3 is 4.90 Å². The molecule has 0 fully saturated rings. The highest BCUT2D eigenvalue weighted by atomic mass is 79.9. The van der Waals surface area contributed by atoms with Gasteiger partial charge >= 0.3 is 0 Å². The fraction of sp³-hybridized carbons (Fsp3) is 0.300. The first-order valence-corrected chi connectivity index (χ1v) is 8.97. The number of hydrogen-bond donors (Lipinski definition) is 0. The molecule has 0 aliphatic carbocycles. The molecule has 0 radical (unpaired) electrons. The van der Waals surface area contributed by atoms with E-state index in [9.17, 15) is 9.65 Å². The van der Waals surface area contributed by atoms with Crippen molar-refractivity contribution in [3.8, 4) is 6.07 Å². The molecular weight excluding hydrogens is 381 g/mol. The lowest BCUT2D eigenvalue weighted by Crippen LogP contribution is -2.21. The van der Waals surface area contributed by atoms with Crippen molar-refractivity contribution in [2.45, 2.75) is 40.5 Å². The van der Waals surface area contributed by atoms with Crippen molar-refractivity contribution in [2.24, 2.45) is 4.99 Å². The zero-order valence-electron chi connectivity index (χ0n) is 15.1. The molecule has 0 aromatic rings. The molecule has 1 heterocycles. The van der Waals surface area contributed by atoms with Crippen molar-refractivity contribution >= 4 is 21.8 Å². The molecule has 0 saturated heterocycles. The third-order valence-corrected chi connectivity index (χ3v) is 3.94. The van der Waals surface area contributed by atoms with E-state index in [-0.39, 0.29) is 5.83 Å². The van der Waals surface area contributed by atoms with Crippen molar-refractivity contribution in [1.82, 2.24) is 4.90 Å². The molecule has 0 spiro atoms. The maximum atomic E-state index is 14.0. The highest BCUT2D eigenvalue weighted by Crippen LogP contribution is 2.33. The molecule has 0 aromatic heterocycles. The number of nitriles is 1. The molecule has 0 amide bonds. The van der Waals surface area contributed by atoms with E-state index in [1.165, 1.54) is 6.92 Å². The monoisotopic (exact) mass is 403 g/mol. The highest BCUT2D eigenvalue weighted by Gasteiger charge is 2.27. The smallest absolute Gasteiger partial charge is 0.147 e. The lowest BCUT2D eigenvalue weighted by atomic mass is 10.2. The highest BCUT2D eigenvalue weighted by molar-refractivity contribution is 9.12. The Kier molecular flexibility index (Phi) is 8.87. The first-order valence-electron chi connectivity index (χ1n) is 8.17. The minimum Gasteiger partial charge on any atom is -0.304 e. The topological polar surface area (TPSA) is 39.4 Å². The fourth-order valence-corrected chi connectivity index (χ4v) is 2.78. The summed E-state index contributed by atoms with van der Waals surface area (Å²) in [5.41, 5.74) is 1.71. The minimum atomic E-state index is -0.316. The van der Waals surface area contributed by atoms with E-state index < -0.39 is 0 Å². The maximum absolute atomic E-state index is 14.0. The van der Waals surface area contributed by atoms with E-state index in [0.717, 1.165) is 18.5 Å². The Balaban J connectivity index is 3.30. The molecule has 1 aliphatic heterocycles. The number of nitrogens with zero attached hydrogens (tertiary/aromatic N) is 3. The first-order chi connectivity index (χ1) is 12.0. The maximum Gasteiger partial charge on any atom is 0.147 e. The van der Waals surface area contributed by atoms with Crippen molar-refractivity contribution in [2.75, 3.05) is 0 Å². The van der Waals surface area contributed by atoms with Crippen LogP contribution in [0, 0.1) is 11.3 Å². The molecule has 0 aromatic carbocycles. The van der Waals surface area contributed by atoms with Crippen LogP contribution in [-0.2, 0) is 0 Å². The van der Waals surface area contributed by atoms with E-state index in [1.54, 1.807) is 29.5 Å². The van der Waals surface area contributed by atoms with Crippen molar-refractivity contribution in [3.63, 3.8) is 0 Å². The van der Waals surface area contributed by atoms with Crippen LogP contribution >= 0.6 is 15.9 Å². The molecule has 0 atom stereocenters. The lowest BCUT2D eigenvalue weighted by Gasteiger charge is -2.18. The average Bonchev–Trinajstić information content (AvgIpc) is 2.91. The van der Waals surface area contributed by atoms with Crippen LogP contribution in [0.4, 0.5) is 4.39 Å². The molecule has 25 heavy (non-hydrogen) atoms. The summed E-state index contributed by atoms with van der Waals surface area (Å²) in [5, 5.41) is 9.30. The van der Waals surface area contributed by atoms with Crippen LogP contribution in [0.25, 0.3) is 0 Å². The van der Waals surface area contributed by atoms with E-state index in [1.807, 2.05) is 39.0 Å². The Hall–Kier alpha value is -2.19. The van der Waals surface area contributed by atoms with Gasteiger partial charge in [-0.1, -0.05) is 32.1 Å². The second-order valence-corrected chi connectivity index (χ2v) is 6.21. The van der Waals surface area contributed by atoms with Gasteiger partial charge in [-0.3, -0.25) is 0 Å². The van der Waals surface area contributed by atoms with Crippen molar-refractivity contribution in [3.05, 3.63) is 69.9 Å². The third kappa shape index (κ3) is 5.99. The largest absolute Gasteiger partial charge is 0.304 e. The average molecular weight is 404 g/mol. The number of halogens is 2. The van der Waals surface area contributed by atoms with Crippen LogP contribution in [0.5, 0.6) is 0 Å². The molecule has 0 saturated carbocycles. The van der Waals surface area contributed by atoms with Gasteiger partial charge in [0.05, 0.1) is 17.2 Å². The lowest BCUT2D eigenvalue weighted by molar-refractivity contribution is 0.633. The van der Waals surface area contributed by atoms with Crippen LogP contribution in [0.3, 0.4) is 0 Å². The molecule has 3 nitrogen and oxygen atoms in total. The van der Waals surface area contributed by atoms with Crippen LogP contribution in [0.1, 0.15) is 40.5 Å². The summed E-state index contributed by atoms with van der Waals surface area (Å²) < 4.78 is 14.6. The molecule has 5 heteroatoms. The third-order valence-electron chi connectivity index (χ3n) is 3.34. The number of rotatable bonds is 6. The summed E-state index contributed by atoms with van der Waals surface area (Å²) >= 11 is 3.40. The van der Waals surface area contributed by atoms with E-state index in [0.29, 0.717) is 21.5 Å². The summed E-state index contributed by atoms with van der Waals surface area (Å²) in [5.74, 6) is 0.177. The zero-order valence-corrected chi connectivity index (χ0v) is 16.6. The van der Waals surface area contributed by atoms with E-state index in [4.69, 9.17) is 0 Å². The molecule has 1 aliphatic rings. The Morgan fingerprint density at radius 2 is 2.00 bits per heavy atom. The normalized spacial score (nSPS) is 20.0. The van der Waals surface area contributed by atoms with Crippen LogP contribution in [0.15, 0.2) is 74.9 Å². The first kappa shape index (κ1) is 20.9. The van der Waals surface area contributed by atoms with Crippen LogP contribution < -0.4 is 0 Å². The van der Waals surface area contributed by atoms with Gasteiger partial charge in [0.1, 0.15) is 11.7 Å². The van der Waals surface area contributed by atoms with Gasteiger partial charge in [0, 0.05) is 22.6 Å². The Morgan fingerprint density at radius 3 is 2.56 bits per heavy atom. The fourth-order valence-electron chi connectivity index (χ4n) is 2.13. The van der Waals surface area contributed by atoms with E-state index >= 15 is 0 Å². The van der Waals surface area contributed by atoms with Crippen LogP contribution in [0.2, 0.25) is 0 Å². The zero-order chi connectivity index (χ0) is 18.8. The number of hydrogen-bond acceptors (Lipinski definition) is 2. The minimum absolute atomic E-state index is 0.316. The van der Waals surface area contributed by atoms with E-state index in [2.05, 4.69) is 27.0 Å². The summed E-state index contributed by atoms with van der Waals surface area (Å²) in [7, 11) is 0. The Labute approximate surface area is 158 Å². The molecular formula is C20H23BrFN3. The van der Waals surface area contributed by atoms with Crippen molar-refractivity contribution < 1.29 is 4.39 Å². The van der Waals surface area contributed by atoms with Gasteiger partial charge in [-0.05, 0) is 54.8 Å². The van der Waals surface area contributed by atoms with Gasteiger partial charge in [0.2, 0.25) is 0 Å². The second kappa shape index (κ2) is 10.6. The molecule has 0 unspecified atom stereocenters. The summed E-state index contributed by atoms with van der Waals surface area (Å²) in [4.78, 5) is 6.18. The van der Waals surface area contributed by atoms with Gasteiger partial charge in [0.15, 0.2) is 0 Å². The molecule has 0 N–H and O–H groups in total. The van der Waals surface area contributed by atoms with Gasteiger partial charge in [-0.15, -0.1) is 0 Å². The van der Waals surface area contributed by atoms with Crippen LogP contribution in [-0.4, -0.2) is 10.7 Å². The molecule has 0 bridgehead atoms. The summed E-state index contributed by atoms with van der Waals surface area (Å²) in [6.45, 7) is 7.31. The quantitative estimate of drug-likeness (QED) is 0.378. The van der Waals surface area contributed by atoms with Gasteiger partial charge in [-0.2, -0.15) is 5.26 Å². The number of amidine groups is 1. The van der Waals surface area contributed by atoms with Gasteiger partial charge in [0.25, 0.3) is 0 Å². The number of allylic oxidation sites excluding steroid dienone is 8. The standard InChI is InChI=1S/C20H23BrFN3/c1-5-7-9-10-17(13-23)12-15(3)25-14-18(21)19(16(4)22)20(25)24-11-8-6-2/h7-12,14H,5-6H2,1-4H3/b9-7+,11-8+,15-12+,17-10+,19-16+,24-20-. The predicted molar refractivity (Wildman–Crippen MR) is 106 cm³/mol. The Bertz CT molecular complexity index is 739. The number of aliphatic imine (C=N–C) groups is 1. The van der Waals surface area contributed by atoms with Crippen molar-refractivity contribution in [1.29, 1.82) is 5.26 Å². The van der Waals surface area contributed by atoms with Gasteiger partial charge in [-0.25, -0.2) is 9.38 Å². The summed E-state index contributed by atoms with van der Waals surface area (Å²) in [6.07, 6.45) is 14.4.